The smallest absolute Gasteiger partial charge is 0.311 e. The van der Waals surface area contributed by atoms with Crippen LogP contribution >= 0.6 is 0 Å². The van der Waals surface area contributed by atoms with E-state index in [4.69, 9.17) is 5.84 Å². The molecule has 7 nitrogen and oxygen atoms in total. The van der Waals surface area contributed by atoms with E-state index in [9.17, 15) is 10.1 Å². The zero-order valence-corrected chi connectivity index (χ0v) is 11.0. The van der Waals surface area contributed by atoms with Crippen molar-refractivity contribution >= 4 is 17.3 Å². The summed E-state index contributed by atoms with van der Waals surface area (Å²) in [6.45, 7) is 3.49. The Bertz CT molecular complexity index is 461. The first-order valence-electron chi connectivity index (χ1n) is 6.52. The third-order valence-electron chi connectivity index (χ3n) is 3.58. The molecule has 7 heteroatoms. The fourth-order valence-electron chi connectivity index (χ4n) is 2.25. The lowest BCUT2D eigenvalue weighted by molar-refractivity contribution is -0.384. The van der Waals surface area contributed by atoms with Gasteiger partial charge in [0.05, 0.1) is 4.92 Å². The first-order valence-corrected chi connectivity index (χ1v) is 6.52. The van der Waals surface area contributed by atoms with Gasteiger partial charge in [-0.3, -0.25) is 10.1 Å². The molecule has 0 amide bonds. The first kappa shape index (κ1) is 13.5. The lowest BCUT2D eigenvalue weighted by Crippen LogP contribution is -2.33. The minimum Gasteiger partial charge on any atom is -0.351 e. The van der Waals surface area contributed by atoms with Crippen LogP contribution in [-0.4, -0.2) is 23.0 Å². The van der Waals surface area contributed by atoms with Crippen molar-refractivity contribution in [1.82, 2.24) is 4.98 Å². The summed E-state index contributed by atoms with van der Waals surface area (Å²) in [4.78, 5) is 16.9. The fourth-order valence-corrected chi connectivity index (χ4v) is 2.25. The van der Waals surface area contributed by atoms with Crippen molar-refractivity contribution in [2.75, 3.05) is 23.4 Å². The lowest BCUT2D eigenvalue weighted by Gasteiger charge is -2.32. The number of hydrazine groups is 1. The number of nitro groups is 1. The molecule has 1 fully saturated rings. The highest BCUT2D eigenvalue weighted by atomic mass is 16.6. The molecule has 0 bridgehead atoms. The summed E-state index contributed by atoms with van der Waals surface area (Å²) < 4.78 is 0. The summed E-state index contributed by atoms with van der Waals surface area (Å²) in [6, 6.07) is 2.96. The van der Waals surface area contributed by atoms with Crippen LogP contribution in [0, 0.1) is 16.0 Å². The zero-order valence-electron chi connectivity index (χ0n) is 11.0. The second kappa shape index (κ2) is 5.83. The summed E-state index contributed by atoms with van der Waals surface area (Å²) in [5, 5.41) is 11.1. The molecule has 0 radical (unpaired) electrons. The number of nitrogens with two attached hydrogens (primary N) is 1. The van der Waals surface area contributed by atoms with Crippen LogP contribution < -0.4 is 16.2 Å². The number of pyridine rings is 1. The second-order valence-corrected chi connectivity index (χ2v) is 4.78. The van der Waals surface area contributed by atoms with Gasteiger partial charge >= 0.3 is 5.69 Å². The summed E-state index contributed by atoms with van der Waals surface area (Å²) in [7, 11) is 0. The number of nitrogen functional groups attached to an aromatic ring is 1. The highest BCUT2D eigenvalue weighted by Crippen LogP contribution is 2.32. The summed E-state index contributed by atoms with van der Waals surface area (Å²) >= 11 is 0. The number of rotatable bonds is 6. The summed E-state index contributed by atoms with van der Waals surface area (Å²) in [5.74, 6) is 6.78. The Balaban J connectivity index is 2.29. The van der Waals surface area contributed by atoms with E-state index in [2.05, 4.69) is 10.4 Å². The normalized spacial score (nSPS) is 14.8. The lowest BCUT2D eigenvalue weighted by atomic mass is 9.85. The SMILES string of the molecule is CCN(CC1CCC1)c1nc(NN)ccc1[N+](=O)[O-]. The molecule has 1 saturated carbocycles. The van der Waals surface area contributed by atoms with Crippen molar-refractivity contribution in [3.05, 3.63) is 22.2 Å². The molecule has 0 unspecified atom stereocenters. The van der Waals surface area contributed by atoms with E-state index in [0.717, 1.165) is 6.54 Å². The largest absolute Gasteiger partial charge is 0.351 e. The molecule has 2 rings (SSSR count). The van der Waals surface area contributed by atoms with E-state index in [1.807, 2.05) is 11.8 Å². The molecule has 3 N–H and O–H groups in total. The predicted octanol–water partition coefficient (Wildman–Crippen LogP) is 1.90. The van der Waals surface area contributed by atoms with Crippen LogP contribution in [0.3, 0.4) is 0 Å². The third-order valence-corrected chi connectivity index (χ3v) is 3.58. The molecule has 1 aromatic heterocycles. The number of hydrogen-bond donors (Lipinski definition) is 2. The minimum atomic E-state index is -0.397. The van der Waals surface area contributed by atoms with Crippen LogP contribution in [0.5, 0.6) is 0 Å². The molecule has 1 aliphatic rings. The molecule has 19 heavy (non-hydrogen) atoms. The molecular weight excluding hydrogens is 246 g/mol. The average molecular weight is 265 g/mol. The van der Waals surface area contributed by atoms with Gasteiger partial charge in [0.25, 0.3) is 0 Å². The van der Waals surface area contributed by atoms with Gasteiger partial charge in [-0.25, -0.2) is 10.8 Å². The summed E-state index contributed by atoms with van der Waals surface area (Å²) in [6.07, 6.45) is 3.64. The Kier molecular flexibility index (Phi) is 4.16. The molecule has 1 aliphatic carbocycles. The molecular formula is C12H19N5O2. The van der Waals surface area contributed by atoms with Gasteiger partial charge in [-0.1, -0.05) is 6.42 Å². The third kappa shape index (κ3) is 2.93. The Morgan fingerprint density at radius 2 is 2.32 bits per heavy atom. The number of hydrogen-bond acceptors (Lipinski definition) is 6. The topological polar surface area (TPSA) is 97.3 Å². The van der Waals surface area contributed by atoms with Crippen LogP contribution in [-0.2, 0) is 0 Å². The highest BCUT2D eigenvalue weighted by Gasteiger charge is 2.25. The van der Waals surface area contributed by atoms with Gasteiger partial charge in [-0.05, 0) is 31.7 Å². The van der Waals surface area contributed by atoms with E-state index >= 15 is 0 Å². The van der Waals surface area contributed by atoms with Crippen LogP contribution in [0.1, 0.15) is 26.2 Å². The monoisotopic (exact) mass is 265 g/mol. The van der Waals surface area contributed by atoms with Crippen LogP contribution in [0.15, 0.2) is 12.1 Å². The number of nitrogens with zero attached hydrogens (tertiary/aromatic N) is 3. The Morgan fingerprint density at radius 1 is 1.58 bits per heavy atom. The molecule has 0 spiro atoms. The van der Waals surface area contributed by atoms with Crippen molar-refractivity contribution in [3.63, 3.8) is 0 Å². The molecule has 0 atom stereocenters. The number of nitrogens with one attached hydrogen (secondary N) is 1. The average Bonchev–Trinajstić information content (AvgIpc) is 2.37. The maximum absolute atomic E-state index is 11.1. The fraction of sp³-hybridized carbons (Fsp3) is 0.583. The zero-order chi connectivity index (χ0) is 13.8. The standard InChI is InChI=1S/C12H19N5O2/c1-2-16(8-9-4-3-5-9)12-10(17(18)19)6-7-11(14-12)15-13/h6-7,9H,2-5,8,13H2,1H3,(H,14,15). The van der Waals surface area contributed by atoms with Gasteiger partial charge in [-0.15, -0.1) is 0 Å². The second-order valence-electron chi connectivity index (χ2n) is 4.78. The van der Waals surface area contributed by atoms with Crippen LogP contribution in [0.25, 0.3) is 0 Å². The van der Waals surface area contributed by atoms with Gasteiger partial charge in [0, 0.05) is 19.2 Å². The molecule has 104 valence electrons. The number of anilines is 2. The van der Waals surface area contributed by atoms with Crippen LogP contribution in [0.2, 0.25) is 0 Å². The molecule has 1 aromatic rings. The first-order chi connectivity index (χ1) is 9.15. The van der Waals surface area contributed by atoms with Gasteiger partial charge < -0.3 is 10.3 Å². The van der Waals surface area contributed by atoms with Crippen molar-refractivity contribution in [2.45, 2.75) is 26.2 Å². The quantitative estimate of drug-likeness (QED) is 0.463. The Morgan fingerprint density at radius 3 is 2.79 bits per heavy atom. The van der Waals surface area contributed by atoms with Crippen molar-refractivity contribution in [2.24, 2.45) is 11.8 Å². The summed E-state index contributed by atoms with van der Waals surface area (Å²) in [5.41, 5.74) is 2.46. The van der Waals surface area contributed by atoms with Crippen molar-refractivity contribution < 1.29 is 4.92 Å². The minimum absolute atomic E-state index is 0.0279. The van der Waals surface area contributed by atoms with E-state index in [1.54, 1.807) is 0 Å². The van der Waals surface area contributed by atoms with E-state index in [1.165, 1.54) is 31.4 Å². The van der Waals surface area contributed by atoms with E-state index < -0.39 is 4.92 Å². The molecule has 0 saturated heterocycles. The van der Waals surface area contributed by atoms with Gasteiger partial charge in [0.2, 0.25) is 5.82 Å². The van der Waals surface area contributed by atoms with Gasteiger partial charge in [-0.2, -0.15) is 0 Å². The van der Waals surface area contributed by atoms with Gasteiger partial charge in [0.15, 0.2) is 0 Å². The molecule has 0 aromatic carbocycles. The Hall–Kier alpha value is -1.89. The van der Waals surface area contributed by atoms with Gasteiger partial charge in [0.1, 0.15) is 5.82 Å². The number of aromatic nitrogens is 1. The van der Waals surface area contributed by atoms with Crippen LogP contribution in [0.4, 0.5) is 17.3 Å². The van der Waals surface area contributed by atoms with Crippen molar-refractivity contribution in [3.8, 4) is 0 Å². The Labute approximate surface area is 111 Å². The van der Waals surface area contributed by atoms with Crippen molar-refractivity contribution in [1.29, 1.82) is 0 Å². The molecule has 1 heterocycles. The van der Waals surface area contributed by atoms with E-state index in [0.29, 0.717) is 24.1 Å². The highest BCUT2D eigenvalue weighted by molar-refractivity contribution is 5.61. The predicted molar refractivity (Wildman–Crippen MR) is 73.9 cm³/mol. The molecule has 0 aliphatic heterocycles. The maximum Gasteiger partial charge on any atom is 0.311 e. The van der Waals surface area contributed by atoms with E-state index in [-0.39, 0.29) is 5.69 Å². The maximum atomic E-state index is 11.1.